The van der Waals surface area contributed by atoms with E-state index in [1.165, 1.54) is 0 Å². The van der Waals surface area contributed by atoms with Gasteiger partial charge in [0, 0.05) is 30.3 Å². The topological polar surface area (TPSA) is 42.1 Å². The average Bonchev–Trinajstić information content (AvgIpc) is 2.29. The monoisotopic (exact) mass is 233 g/mol. The van der Waals surface area contributed by atoms with Gasteiger partial charge in [0.15, 0.2) is 0 Å². The summed E-state index contributed by atoms with van der Waals surface area (Å²) >= 11 is 5.84. The third-order valence-corrected chi connectivity index (χ3v) is 2.58. The molecule has 16 heavy (non-hydrogen) atoms. The molecule has 0 saturated heterocycles. The molecule has 0 atom stereocenters. The summed E-state index contributed by atoms with van der Waals surface area (Å²) in [7, 11) is 1.97. The van der Waals surface area contributed by atoms with Crippen molar-refractivity contribution >= 4 is 28.7 Å². The summed E-state index contributed by atoms with van der Waals surface area (Å²) in [4.78, 5) is 5.97. The SMILES string of the molecule is CN(c1ccc(N)cc1)c1ccnc(Cl)c1. The van der Waals surface area contributed by atoms with E-state index in [-0.39, 0.29) is 0 Å². The van der Waals surface area contributed by atoms with Crippen LogP contribution in [0.15, 0.2) is 42.6 Å². The molecule has 1 aromatic heterocycles. The Labute approximate surface area is 99.5 Å². The summed E-state index contributed by atoms with van der Waals surface area (Å²) in [5.74, 6) is 0. The molecule has 82 valence electrons. The number of halogens is 1. The first-order valence-corrected chi connectivity index (χ1v) is 5.25. The van der Waals surface area contributed by atoms with Gasteiger partial charge in [-0.2, -0.15) is 0 Å². The highest BCUT2D eigenvalue weighted by atomic mass is 35.5. The molecule has 0 saturated carbocycles. The molecule has 0 fully saturated rings. The zero-order valence-electron chi connectivity index (χ0n) is 8.89. The van der Waals surface area contributed by atoms with Crippen LogP contribution >= 0.6 is 11.6 Å². The molecule has 0 spiro atoms. The summed E-state index contributed by atoms with van der Waals surface area (Å²) in [5, 5.41) is 0.486. The minimum atomic E-state index is 0.486. The second-order valence-electron chi connectivity index (χ2n) is 3.49. The van der Waals surface area contributed by atoms with Gasteiger partial charge in [0.1, 0.15) is 5.15 Å². The van der Waals surface area contributed by atoms with Crippen LogP contribution in [0.1, 0.15) is 0 Å². The highest BCUT2D eigenvalue weighted by Crippen LogP contribution is 2.25. The zero-order valence-corrected chi connectivity index (χ0v) is 9.65. The molecule has 2 aromatic rings. The quantitative estimate of drug-likeness (QED) is 0.640. The van der Waals surface area contributed by atoms with Gasteiger partial charge in [-0.05, 0) is 36.4 Å². The van der Waals surface area contributed by atoms with Crippen molar-refractivity contribution in [3.63, 3.8) is 0 Å². The molecule has 4 heteroatoms. The first-order valence-electron chi connectivity index (χ1n) is 4.87. The van der Waals surface area contributed by atoms with Crippen molar-refractivity contribution in [2.75, 3.05) is 17.7 Å². The smallest absolute Gasteiger partial charge is 0.131 e. The Hall–Kier alpha value is -1.74. The van der Waals surface area contributed by atoms with Crippen LogP contribution in [-0.4, -0.2) is 12.0 Å². The van der Waals surface area contributed by atoms with E-state index in [4.69, 9.17) is 17.3 Å². The van der Waals surface area contributed by atoms with E-state index in [1.54, 1.807) is 6.20 Å². The molecule has 0 aliphatic heterocycles. The summed E-state index contributed by atoms with van der Waals surface area (Å²) in [6, 6.07) is 11.4. The fraction of sp³-hybridized carbons (Fsp3) is 0.0833. The third kappa shape index (κ3) is 2.25. The molecular weight excluding hydrogens is 222 g/mol. The Balaban J connectivity index is 2.31. The number of rotatable bonds is 2. The maximum absolute atomic E-state index is 5.84. The predicted octanol–water partition coefficient (Wildman–Crippen LogP) is 3.09. The number of pyridine rings is 1. The predicted molar refractivity (Wildman–Crippen MR) is 68.2 cm³/mol. The largest absolute Gasteiger partial charge is 0.399 e. The minimum Gasteiger partial charge on any atom is -0.399 e. The average molecular weight is 234 g/mol. The van der Waals surface area contributed by atoms with Gasteiger partial charge in [-0.25, -0.2) is 4.98 Å². The molecule has 2 rings (SSSR count). The minimum absolute atomic E-state index is 0.486. The van der Waals surface area contributed by atoms with Crippen LogP contribution in [-0.2, 0) is 0 Å². The lowest BCUT2D eigenvalue weighted by Gasteiger charge is -2.19. The van der Waals surface area contributed by atoms with E-state index in [1.807, 2.05) is 48.3 Å². The molecule has 0 radical (unpaired) electrons. The van der Waals surface area contributed by atoms with Crippen molar-refractivity contribution in [1.82, 2.24) is 4.98 Å². The number of benzene rings is 1. The van der Waals surface area contributed by atoms with Crippen LogP contribution in [0.25, 0.3) is 0 Å². The molecular formula is C12H12ClN3. The fourth-order valence-electron chi connectivity index (χ4n) is 1.45. The zero-order chi connectivity index (χ0) is 11.5. The second kappa shape index (κ2) is 4.41. The maximum Gasteiger partial charge on any atom is 0.131 e. The number of nitrogen functional groups attached to an aromatic ring is 1. The summed E-state index contributed by atoms with van der Waals surface area (Å²) in [6.07, 6.45) is 1.69. The van der Waals surface area contributed by atoms with E-state index in [0.29, 0.717) is 5.15 Å². The van der Waals surface area contributed by atoms with Crippen molar-refractivity contribution in [2.45, 2.75) is 0 Å². The number of anilines is 3. The highest BCUT2D eigenvalue weighted by molar-refractivity contribution is 6.29. The number of aromatic nitrogens is 1. The standard InChI is InChI=1S/C12H12ClN3/c1-16(10-4-2-9(14)3-5-10)11-6-7-15-12(13)8-11/h2-8H,14H2,1H3. The highest BCUT2D eigenvalue weighted by Gasteiger charge is 2.04. The third-order valence-electron chi connectivity index (χ3n) is 2.38. The van der Waals surface area contributed by atoms with E-state index >= 15 is 0 Å². The van der Waals surface area contributed by atoms with Crippen LogP contribution in [0.5, 0.6) is 0 Å². The van der Waals surface area contributed by atoms with Crippen molar-refractivity contribution in [3.05, 3.63) is 47.7 Å². The van der Waals surface area contributed by atoms with Gasteiger partial charge >= 0.3 is 0 Å². The summed E-state index contributed by atoms with van der Waals surface area (Å²) in [5.41, 5.74) is 8.44. The van der Waals surface area contributed by atoms with Crippen molar-refractivity contribution < 1.29 is 0 Å². The van der Waals surface area contributed by atoms with Crippen LogP contribution < -0.4 is 10.6 Å². The lowest BCUT2D eigenvalue weighted by atomic mass is 10.2. The Morgan fingerprint density at radius 2 is 1.81 bits per heavy atom. The first kappa shape index (κ1) is 10.8. The van der Waals surface area contributed by atoms with Crippen LogP contribution in [0.4, 0.5) is 17.1 Å². The number of nitrogens with two attached hydrogens (primary N) is 1. The lowest BCUT2D eigenvalue weighted by Crippen LogP contribution is -2.09. The van der Waals surface area contributed by atoms with Gasteiger partial charge < -0.3 is 10.6 Å². The van der Waals surface area contributed by atoms with Gasteiger partial charge in [-0.3, -0.25) is 0 Å². The van der Waals surface area contributed by atoms with Gasteiger partial charge in [0.2, 0.25) is 0 Å². The molecule has 0 aliphatic carbocycles. The normalized spacial score (nSPS) is 10.1. The van der Waals surface area contributed by atoms with Crippen LogP contribution in [0.2, 0.25) is 5.15 Å². The molecule has 3 nitrogen and oxygen atoms in total. The summed E-state index contributed by atoms with van der Waals surface area (Å²) in [6.45, 7) is 0. The van der Waals surface area contributed by atoms with Gasteiger partial charge in [-0.15, -0.1) is 0 Å². The van der Waals surface area contributed by atoms with Gasteiger partial charge in [0.05, 0.1) is 0 Å². The maximum atomic E-state index is 5.84. The Morgan fingerprint density at radius 3 is 2.44 bits per heavy atom. The second-order valence-corrected chi connectivity index (χ2v) is 3.87. The lowest BCUT2D eigenvalue weighted by molar-refractivity contribution is 1.19. The molecule has 2 N–H and O–H groups in total. The van der Waals surface area contributed by atoms with Gasteiger partial charge in [0.25, 0.3) is 0 Å². The molecule has 0 bridgehead atoms. The van der Waals surface area contributed by atoms with E-state index in [9.17, 15) is 0 Å². The van der Waals surface area contributed by atoms with E-state index in [0.717, 1.165) is 17.1 Å². The van der Waals surface area contributed by atoms with Crippen molar-refractivity contribution in [3.8, 4) is 0 Å². The first-order chi connectivity index (χ1) is 7.66. The molecule has 0 unspecified atom stereocenters. The molecule has 0 amide bonds. The Morgan fingerprint density at radius 1 is 1.12 bits per heavy atom. The fourth-order valence-corrected chi connectivity index (χ4v) is 1.62. The van der Waals surface area contributed by atoms with Crippen LogP contribution in [0, 0.1) is 0 Å². The van der Waals surface area contributed by atoms with Crippen molar-refractivity contribution in [2.24, 2.45) is 0 Å². The van der Waals surface area contributed by atoms with Crippen molar-refractivity contribution in [1.29, 1.82) is 0 Å². The number of nitrogens with zero attached hydrogens (tertiary/aromatic N) is 2. The number of hydrogen-bond donors (Lipinski definition) is 1. The van der Waals surface area contributed by atoms with E-state index in [2.05, 4.69) is 4.98 Å². The number of hydrogen-bond acceptors (Lipinski definition) is 3. The van der Waals surface area contributed by atoms with Gasteiger partial charge in [-0.1, -0.05) is 11.6 Å². The summed E-state index contributed by atoms with van der Waals surface area (Å²) < 4.78 is 0. The van der Waals surface area contributed by atoms with E-state index < -0.39 is 0 Å². The van der Waals surface area contributed by atoms with Crippen LogP contribution in [0.3, 0.4) is 0 Å². The molecule has 1 heterocycles. The Bertz CT molecular complexity index is 482. The Kier molecular flexibility index (Phi) is 2.97. The molecule has 1 aromatic carbocycles. The molecule has 0 aliphatic rings.